The van der Waals surface area contributed by atoms with Crippen molar-refractivity contribution in [2.45, 2.75) is 65.3 Å². The Balaban J connectivity index is 1.85. The maximum atomic E-state index is 5.38. The molecule has 0 amide bonds. The minimum atomic E-state index is 0.453. The first-order valence-corrected chi connectivity index (χ1v) is 7.72. The summed E-state index contributed by atoms with van der Waals surface area (Å²) in [4.78, 5) is 4.53. The predicted octanol–water partition coefficient (Wildman–Crippen LogP) is 2.98. The molecule has 4 nitrogen and oxygen atoms in total. The molecule has 1 heterocycles. The fourth-order valence-corrected chi connectivity index (χ4v) is 2.40. The van der Waals surface area contributed by atoms with Gasteiger partial charge in [0.05, 0.1) is 0 Å². The zero-order chi connectivity index (χ0) is 13.7. The molecule has 1 saturated carbocycles. The lowest BCUT2D eigenvalue weighted by Gasteiger charge is -2.18. The molecule has 2 rings (SSSR count). The first kappa shape index (κ1) is 14.5. The number of rotatable bonds is 9. The molecule has 4 heteroatoms. The van der Waals surface area contributed by atoms with Crippen LogP contribution in [0.2, 0.25) is 0 Å². The third-order valence-corrected chi connectivity index (χ3v) is 3.54. The average Bonchev–Trinajstić information content (AvgIpc) is 3.05. The summed E-state index contributed by atoms with van der Waals surface area (Å²) in [5.41, 5.74) is 0. The first-order valence-electron chi connectivity index (χ1n) is 7.72. The Kier molecular flexibility index (Phi) is 5.37. The maximum absolute atomic E-state index is 5.38. The van der Waals surface area contributed by atoms with Gasteiger partial charge in [-0.25, -0.2) is 0 Å². The van der Waals surface area contributed by atoms with Gasteiger partial charge in [-0.1, -0.05) is 25.9 Å². The van der Waals surface area contributed by atoms with E-state index < -0.39 is 0 Å². The van der Waals surface area contributed by atoms with Crippen molar-refractivity contribution in [1.82, 2.24) is 15.5 Å². The Morgan fingerprint density at radius 1 is 1.37 bits per heavy atom. The Morgan fingerprint density at radius 3 is 2.79 bits per heavy atom. The van der Waals surface area contributed by atoms with Gasteiger partial charge in [-0.3, -0.25) is 0 Å². The van der Waals surface area contributed by atoms with Crippen LogP contribution in [0.1, 0.15) is 58.2 Å². The van der Waals surface area contributed by atoms with Crippen LogP contribution in [0.5, 0.6) is 0 Å². The second kappa shape index (κ2) is 7.04. The lowest BCUT2D eigenvalue weighted by molar-refractivity contribution is 0.335. The molecular formula is C15H27N3O. The molecule has 0 radical (unpaired) electrons. The third kappa shape index (κ3) is 5.31. The van der Waals surface area contributed by atoms with E-state index in [9.17, 15) is 0 Å². The Hall–Kier alpha value is -0.900. The molecule has 0 spiro atoms. The summed E-state index contributed by atoms with van der Waals surface area (Å²) >= 11 is 0. The van der Waals surface area contributed by atoms with Gasteiger partial charge in [-0.2, -0.15) is 4.98 Å². The van der Waals surface area contributed by atoms with Gasteiger partial charge in [-0.05, 0) is 44.1 Å². The summed E-state index contributed by atoms with van der Waals surface area (Å²) in [6.45, 7) is 7.76. The van der Waals surface area contributed by atoms with E-state index in [2.05, 4.69) is 36.2 Å². The lowest BCUT2D eigenvalue weighted by atomic mass is 10.0. The first-order chi connectivity index (χ1) is 9.17. The molecule has 0 saturated heterocycles. The summed E-state index contributed by atoms with van der Waals surface area (Å²) < 4.78 is 5.38. The smallest absolute Gasteiger partial charge is 0.228 e. The highest BCUT2D eigenvalue weighted by atomic mass is 16.5. The lowest BCUT2D eigenvalue weighted by Crippen LogP contribution is -2.33. The Morgan fingerprint density at radius 2 is 2.16 bits per heavy atom. The average molecular weight is 265 g/mol. The molecule has 1 aromatic heterocycles. The van der Waals surface area contributed by atoms with Gasteiger partial charge in [0, 0.05) is 18.9 Å². The van der Waals surface area contributed by atoms with Crippen LogP contribution in [0.15, 0.2) is 4.52 Å². The molecule has 1 unspecified atom stereocenters. The summed E-state index contributed by atoms with van der Waals surface area (Å²) in [5.74, 6) is 3.19. The fraction of sp³-hybridized carbons (Fsp3) is 0.867. The van der Waals surface area contributed by atoms with Crippen LogP contribution in [-0.4, -0.2) is 22.7 Å². The molecule has 0 bridgehead atoms. The minimum Gasteiger partial charge on any atom is -0.339 e. The second-order valence-electron chi connectivity index (χ2n) is 6.24. The van der Waals surface area contributed by atoms with Crippen LogP contribution >= 0.6 is 0 Å². The van der Waals surface area contributed by atoms with E-state index in [-0.39, 0.29) is 0 Å². The van der Waals surface area contributed by atoms with Crippen molar-refractivity contribution in [3.63, 3.8) is 0 Å². The molecule has 1 fully saturated rings. The van der Waals surface area contributed by atoms with E-state index >= 15 is 0 Å². The highest BCUT2D eigenvalue weighted by Gasteiger charge is 2.24. The quantitative estimate of drug-likeness (QED) is 0.746. The van der Waals surface area contributed by atoms with Crippen molar-refractivity contribution in [3.8, 4) is 0 Å². The molecule has 0 aromatic carbocycles. The van der Waals surface area contributed by atoms with E-state index in [1.54, 1.807) is 0 Å². The minimum absolute atomic E-state index is 0.453. The zero-order valence-corrected chi connectivity index (χ0v) is 12.5. The van der Waals surface area contributed by atoms with Gasteiger partial charge in [0.15, 0.2) is 5.82 Å². The summed E-state index contributed by atoms with van der Waals surface area (Å²) in [7, 11) is 0. The van der Waals surface area contributed by atoms with Crippen LogP contribution in [0.3, 0.4) is 0 Å². The van der Waals surface area contributed by atoms with Gasteiger partial charge < -0.3 is 9.84 Å². The topological polar surface area (TPSA) is 51.0 Å². The van der Waals surface area contributed by atoms with E-state index in [0.717, 1.165) is 49.9 Å². The summed E-state index contributed by atoms with van der Waals surface area (Å²) in [6, 6.07) is 0.453. The van der Waals surface area contributed by atoms with Crippen molar-refractivity contribution in [3.05, 3.63) is 11.7 Å². The molecule has 1 atom stereocenters. The second-order valence-corrected chi connectivity index (χ2v) is 6.24. The summed E-state index contributed by atoms with van der Waals surface area (Å²) in [5, 5.41) is 7.68. The van der Waals surface area contributed by atoms with Gasteiger partial charge in [0.2, 0.25) is 5.89 Å². The Labute approximate surface area is 116 Å². The van der Waals surface area contributed by atoms with Crippen LogP contribution in [-0.2, 0) is 12.8 Å². The SMILES string of the molecule is CCCNC(Cc1nc(CC2CC2)no1)CC(C)C. The molecule has 1 aliphatic carbocycles. The van der Waals surface area contributed by atoms with Gasteiger partial charge >= 0.3 is 0 Å². The number of hydrogen-bond acceptors (Lipinski definition) is 4. The number of aromatic nitrogens is 2. The van der Waals surface area contributed by atoms with Crippen molar-refractivity contribution < 1.29 is 4.52 Å². The Bertz CT molecular complexity index is 371. The zero-order valence-electron chi connectivity index (χ0n) is 12.5. The molecular weight excluding hydrogens is 238 g/mol. The van der Waals surface area contributed by atoms with Crippen LogP contribution in [0, 0.1) is 11.8 Å². The molecule has 1 aliphatic rings. The number of nitrogens with zero attached hydrogens (tertiary/aromatic N) is 2. The predicted molar refractivity (Wildman–Crippen MR) is 76.0 cm³/mol. The standard InChI is InChI=1S/C15H27N3O/c1-4-7-16-13(8-11(2)3)10-15-17-14(18-19-15)9-12-5-6-12/h11-13,16H,4-10H2,1-3H3. The molecule has 108 valence electrons. The van der Waals surface area contributed by atoms with Crippen molar-refractivity contribution in [2.75, 3.05) is 6.54 Å². The highest BCUT2D eigenvalue weighted by molar-refractivity contribution is 4.93. The largest absolute Gasteiger partial charge is 0.339 e. The molecule has 1 N–H and O–H groups in total. The third-order valence-electron chi connectivity index (χ3n) is 3.54. The van der Waals surface area contributed by atoms with E-state index in [0.29, 0.717) is 12.0 Å². The summed E-state index contributed by atoms with van der Waals surface area (Å²) in [6.07, 6.45) is 6.83. The fourth-order valence-electron chi connectivity index (χ4n) is 2.40. The van der Waals surface area contributed by atoms with Gasteiger partial charge in [-0.15, -0.1) is 0 Å². The van der Waals surface area contributed by atoms with Crippen LogP contribution < -0.4 is 5.32 Å². The van der Waals surface area contributed by atoms with E-state index in [1.165, 1.54) is 12.8 Å². The number of hydrogen-bond donors (Lipinski definition) is 1. The van der Waals surface area contributed by atoms with E-state index in [1.807, 2.05) is 0 Å². The molecule has 0 aliphatic heterocycles. The monoisotopic (exact) mass is 265 g/mol. The number of nitrogens with one attached hydrogen (secondary N) is 1. The molecule has 19 heavy (non-hydrogen) atoms. The normalized spacial score (nSPS) is 17.1. The molecule has 1 aromatic rings. The maximum Gasteiger partial charge on any atom is 0.228 e. The van der Waals surface area contributed by atoms with Gasteiger partial charge in [0.25, 0.3) is 0 Å². The van der Waals surface area contributed by atoms with Crippen molar-refractivity contribution in [1.29, 1.82) is 0 Å². The highest BCUT2D eigenvalue weighted by Crippen LogP contribution is 2.31. The van der Waals surface area contributed by atoms with Crippen molar-refractivity contribution in [2.24, 2.45) is 11.8 Å². The van der Waals surface area contributed by atoms with Gasteiger partial charge in [0.1, 0.15) is 0 Å². The van der Waals surface area contributed by atoms with Crippen molar-refractivity contribution >= 4 is 0 Å². The van der Waals surface area contributed by atoms with Crippen LogP contribution in [0.4, 0.5) is 0 Å². The van der Waals surface area contributed by atoms with E-state index in [4.69, 9.17) is 4.52 Å². The van der Waals surface area contributed by atoms with Crippen LogP contribution in [0.25, 0.3) is 0 Å².